The van der Waals surface area contributed by atoms with E-state index in [0.29, 0.717) is 5.82 Å². The van der Waals surface area contributed by atoms with E-state index in [2.05, 4.69) is 4.98 Å². The van der Waals surface area contributed by atoms with Crippen LogP contribution in [0.2, 0.25) is 0 Å². The first-order valence-electron chi connectivity index (χ1n) is 7.46. The first-order valence-corrected chi connectivity index (χ1v) is 7.46. The van der Waals surface area contributed by atoms with Gasteiger partial charge in [0.05, 0.1) is 4.92 Å². The van der Waals surface area contributed by atoms with Crippen LogP contribution in [0.4, 0.5) is 11.5 Å². The van der Waals surface area contributed by atoms with Crippen molar-refractivity contribution in [3.05, 3.63) is 87.6 Å². The number of nitrogens with zero attached hydrogens (tertiary/aromatic N) is 2. The minimum absolute atomic E-state index is 0.0756. The Morgan fingerprint density at radius 2 is 1.71 bits per heavy atom. The maximum atomic E-state index is 11.1. The maximum Gasteiger partial charge on any atom is 0.270 e. The first kappa shape index (κ1) is 14.1. The molecule has 1 aliphatic carbocycles. The Morgan fingerprint density at radius 1 is 0.958 bits per heavy atom. The minimum atomic E-state index is -0.376. The quantitative estimate of drug-likeness (QED) is 0.445. The number of nitro groups is 1. The second-order valence-corrected chi connectivity index (χ2v) is 5.57. The Balaban J connectivity index is 1.99. The van der Waals surface area contributed by atoms with Crippen LogP contribution in [0.5, 0.6) is 0 Å². The molecule has 0 spiro atoms. The van der Waals surface area contributed by atoms with E-state index in [4.69, 9.17) is 5.73 Å². The van der Waals surface area contributed by atoms with Gasteiger partial charge in [0, 0.05) is 23.9 Å². The zero-order valence-electron chi connectivity index (χ0n) is 12.6. The van der Waals surface area contributed by atoms with Crippen molar-refractivity contribution in [1.82, 2.24) is 4.98 Å². The van der Waals surface area contributed by atoms with Gasteiger partial charge >= 0.3 is 0 Å². The van der Waals surface area contributed by atoms with E-state index in [-0.39, 0.29) is 10.6 Å². The number of nitrogen functional groups attached to an aromatic ring is 1. The number of nitrogens with two attached hydrogens (primary N) is 1. The molecule has 0 unspecified atom stereocenters. The van der Waals surface area contributed by atoms with E-state index < -0.39 is 0 Å². The third kappa shape index (κ3) is 2.14. The smallest absolute Gasteiger partial charge is 0.270 e. The van der Waals surface area contributed by atoms with Gasteiger partial charge in [-0.1, -0.05) is 24.3 Å². The molecule has 3 aromatic rings. The number of hydrogen-bond donors (Lipinski definition) is 1. The molecule has 0 fully saturated rings. The average molecular weight is 315 g/mol. The number of nitro benzene ring substituents is 1. The highest BCUT2D eigenvalue weighted by atomic mass is 16.6. The summed E-state index contributed by atoms with van der Waals surface area (Å²) in [5, 5.41) is 11.1. The normalized spacial score (nSPS) is 13.6. The third-order valence-electron chi connectivity index (χ3n) is 4.18. The number of fused-ring (bicyclic) bond motifs is 3. The summed E-state index contributed by atoms with van der Waals surface area (Å²) in [6.45, 7) is 0. The molecule has 1 heterocycles. The third-order valence-corrected chi connectivity index (χ3v) is 4.18. The summed E-state index contributed by atoms with van der Waals surface area (Å²) in [6.07, 6.45) is 3.58. The van der Waals surface area contributed by atoms with Crippen molar-refractivity contribution in [2.24, 2.45) is 0 Å². The number of pyridine rings is 1. The largest absolute Gasteiger partial charge is 0.383 e. The SMILES string of the molecule is Nc1ncccc1C=C1c2ccccc2-c2ccc([N+](=O)[O-])cc21. The fourth-order valence-electron chi connectivity index (χ4n) is 3.06. The molecule has 0 amide bonds. The number of anilines is 1. The van der Waals surface area contributed by atoms with E-state index >= 15 is 0 Å². The van der Waals surface area contributed by atoms with Gasteiger partial charge < -0.3 is 5.73 Å². The molecule has 2 N–H and O–H groups in total. The summed E-state index contributed by atoms with van der Waals surface area (Å²) in [4.78, 5) is 14.9. The van der Waals surface area contributed by atoms with Crippen molar-refractivity contribution >= 4 is 23.2 Å². The van der Waals surface area contributed by atoms with Crippen LogP contribution in [0.25, 0.3) is 22.8 Å². The topological polar surface area (TPSA) is 82.0 Å². The molecular formula is C19H13N3O2. The van der Waals surface area contributed by atoms with Crippen LogP contribution in [0.3, 0.4) is 0 Å². The van der Waals surface area contributed by atoms with Gasteiger partial charge in [-0.3, -0.25) is 10.1 Å². The lowest BCUT2D eigenvalue weighted by molar-refractivity contribution is -0.384. The molecule has 24 heavy (non-hydrogen) atoms. The molecule has 0 aliphatic heterocycles. The Hall–Kier alpha value is -3.47. The van der Waals surface area contributed by atoms with Crippen molar-refractivity contribution < 1.29 is 4.92 Å². The van der Waals surface area contributed by atoms with Crippen molar-refractivity contribution in [1.29, 1.82) is 0 Å². The molecule has 0 saturated heterocycles. The molecule has 0 radical (unpaired) electrons. The molecular weight excluding hydrogens is 302 g/mol. The van der Waals surface area contributed by atoms with Crippen molar-refractivity contribution in [3.8, 4) is 11.1 Å². The highest BCUT2D eigenvalue weighted by Crippen LogP contribution is 2.46. The Labute approximate surface area is 138 Å². The lowest BCUT2D eigenvalue weighted by atomic mass is 10.0. The molecule has 1 aromatic heterocycles. The highest BCUT2D eigenvalue weighted by Gasteiger charge is 2.25. The molecule has 0 atom stereocenters. The van der Waals surface area contributed by atoms with Crippen molar-refractivity contribution in [2.75, 3.05) is 5.73 Å². The second-order valence-electron chi connectivity index (χ2n) is 5.57. The highest BCUT2D eigenvalue weighted by molar-refractivity contribution is 6.07. The van der Waals surface area contributed by atoms with E-state index in [0.717, 1.165) is 33.4 Å². The summed E-state index contributed by atoms with van der Waals surface area (Å²) in [5.74, 6) is 0.432. The minimum Gasteiger partial charge on any atom is -0.383 e. The maximum absolute atomic E-state index is 11.1. The van der Waals surface area contributed by atoms with Crippen molar-refractivity contribution in [3.63, 3.8) is 0 Å². The summed E-state index contributed by atoms with van der Waals surface area (Å²) in [6, 6.07) is 16.6. The first-order chi connectivity index (χ1) is 11.6. The Bertz CT molecular complexity index is 1010. The van der Waals surface area contributed by atoms with Gasteiger partial charge in [0.2, 0.25) is 0 Å². The molecule has 116 valence electrons. The Morgan fingerprint density at radius 3 is 2.46 bits per heavy atom. The van der Waals surface area contributed by atoms with Crippen LogP contribution in [-0.2, 0) is 0 Å². The molecule has 0 saturated carbocycles. The zero-order chi connectivity index (χ0) is 16.7. The van der Waals surface area contributed by atoms with E-state index in [1.165, 1.54) is 6.07 Å². The fourth-order valence-corrected chi connectivity index (χ4v) is 3.06. The van der Waals surface area contributed by atoms with Gasteiger partial charge in [0.25, 0.3) is 5.69 Å². The summed E-state index contributed by atoms with van der Waals surface area (Å²) in [7, 11) is 0. The molecule has 2 aromatic carbocycles. The van der Waals surface area contributed by atoms with Crippen LogP contribution in [0.1, 0.15) is 16.7 Å². The molecule has 4 rings (SSSR count). The predicted molar refractivity (Wildman–Crippen MR) is 94.2 cm³/mol. The van der Waals surface area contributed by atoms with Gasteiger partial charge in [0.15, 0.2) is 0 Å². The molecule has 1 aliphatic rings. The van der Waals surface area contributed by atoms with Gasteiger partial charge in [-0.05, 0) is 52.1 Å². The van der Waals surface area contributed by atoms with E-state index in [1.807, 2.05) is 42.5 Å². The zero-order valence-corrected chi connectivity index (χ0v) is 12.6. The number of hydrogen-bond acceptors (Lipinski definition) is 4. The lowest BCUT2D eigenvalue weighted by Crippen LogP contribution is -1.93. The van der Waals surface area contributed by atoms with Crippen LogP contribution in [-0.4, -0.2) is 9.91 Å². The van der Waals surface area contributed by atoms with Crippen LogP contribution in [0, 0.1) is 10.1 Å². The number of non-ortho nitro benzene ring substituents is 1. The van der Waals surface area contributed by atoms with E-state index in [9.17, 15) is 10.1 Å². The average Bonchev–Trinajstić information content (AvgIpc) is 2.90. The second kappa shape index (κ2) is 5.31. The van der Waals surface area contributed by atoms with Gasteiger partial charge in [-0.25, -0.2) is 4.98 Å². The van der Waals surface area contributed by atoms with Crippen molar-refractivity contribution in [2.45, 2.75) is 0 Å². The van der Waals surface area contributed by atoms with Gasteiger partial charge in [0.1, 0.15) is 5.82 Å². The number of benzene rings is 2. The fraction of sp³-hybridized carbons (Fsp3) is 0. The van der Waals surface area contributed by atoms with Gasteiger partial charge in [-0.2, -0.15) is 0 Å². The van der Waals surface area contributed by atoms with Crippen LogP contribution < -0.4 is 5.73 Å². The van der Waals surface area contributed by atoms with Crippen LogP contribution in [0.15, 0.2) is 60.8 Å². The lowest BCUT2D eigenvalue weighted by Gasteiger charge is -2.05. The summed E-state index contributed by atoms with van der Waals surface area (Å²) < 4.78 is 0. The van der Waals surface area contributed by atoms with Gasteiger partial charge in [-0.15, -0.1) is 0 Å². The Kier molecular flexibility index (Phi) is 3.13. The standard InChI is InChI=1S/C19H13N3O2/c20-19-12(4-3-9-21-19)10-17-15-6-2-1-5-14(15)16-8-7-13(22(23)24)11-18(16)17/h1-11H,(H2,20,21). The summed E-state index contributed by atoms with van der Waals surface area (Å²) in [5.41, 5.74) is 11.7. The summed E-state index contributed by atoms with van der Waals surface area (Å²) >= 11 is 0. The number of rotatable bonds is 2. The monoisotopic (exact) mass is 315 g/mol. The molecule has 0 bridgehead atoms. The van der Waals surface area contributed by atoms with E-state index in [1.54, 1.807) is 18.3 Å². The predicted octanol–water partition coefficient (Wildman–Crippen LogP) is 4.14. The molecule has 5 nitrogen and oxygen atoms in total. The molecule has 5 heteroatoms. The number of aromatic nitrogens is 1. The van der Waals surface area contributed by atoms with Crippen LogP contribution >= 0.6 is 0 Å².